The lowest BCUT2D eigenvalue weighted by atomic mass is 9.96. The van der Waals surface area contributed by atoms with Gasteiger partial charge in [-0.1, -0.05) is 23.7 Å². The van der Waals surface area contributed by atoms with E-state index >= 15 is 0 Å². The van der Waals surface area contributed by atoms with Crippen molar-refractivity contribution in [3.8, 4) is 0 Å². The minimum atomic E-state index is -3.78. The van der Waals surface area contributed by atoms with Crippen LogP contribution in [0.1, 0.15) is 26.3 Å². The van der Waals surface area contributed by atoms with Crippen LogP contribution in [0.5, 0.6) is 0 Å². The van der Waals surface area contributed by atoms with Crippen LogP contribution < -0.4 is 0 Å². The summed E-state index contributed by atoms with van der Waals surface area (Å²) in [7, 11) is -1.93. The first kappa shape index (κ1) is 18.2. The van der Waals surface area contributed by atoms with E-state index in [0.717, 1.165) is 0 Å². The topological polar surface area (TPSA) is 40.6 Å². The third-order valence-electron chi connectivity index (χ3n) is 4.22. The largest absolute Gasteiger partial charge is 0.376 e. The second kappa shape index (κ2) is 6.42. The standard InChI is InChI=1S/C16H22ClFN2O2S/c1-5-19(4)15-14(12-6-8-13(17)9-7-12)23(21,22)20(11-10-18)16(15,2)3/h6-9H,5,10-11H2,1-4H3. The molecule has 1 heterocycles. The maximum absolute atomic E-state index is 13.1. The van der Waals surface area contributed by atoms with Gasteiger partial charge in [0.05, 0.1) is 11.2 Å². The first-order valence-electron chi connectivity index (χ1n) is 7.48. The average Bonchev–Trinajstić information content (AvgIpc) is 2.64. The Morgan fingerprint density at radius 1 is 1.26 bits per heavy atom. The van der Waals surface area contributed by atoms with Crippen molar-refractivity contribution in [3.05, 3.63) is 40.5 Å². The number of likely N-dealkylation sites (N-methyl/N-ethyl adjacent to an activating group) is 1. The zero-order chi connectivity index (χ0) is 17.4. The third kappa shape index (κ3) is 2.99. The molecule has 0 radical (unpaired) electrons. The van der Waals surface area contributed by atoms with Gasteiger partial charge in [-0.2, -0.15) is 4.31 Å². The van der Waals surface area contributed by atoms with Crippen LogP contribution in [0.4, 0.5) is 4.39 Å². The molecule has 0 aliphatic carbocycles. The molecule has 0 saturated carbocycles. The number of sulfonamides is 1. The Hall–Kier alpha value is -1.11. The van der Waals surface area contributed by atoms with Gasteiger partial charge in [0.1, 0.15) is 11.6 Å². The van der Waals surface area contributed by atoms with E-state index in [0.29, 0.717) is 22.8 Å². The molecule has 1 aliphatic rings. The molecule has 0 unspecified atom stereocenters. The molecule has 0 bridgehead atoms. The summed E-state index contributed by atoms with van der Waals surface area (Å²) in [5, 5.41) is 0.537. The quantitative estimate of drug-likeness (QED) is 0.808. The summed E-state index contributed by atoms with van der Waals surface area (Å²) in [4.78, 5) is 2.14. The summed E-state index contributed by atoms with van der Waals surface area (Å²) in [6.45, 7) is 5.34. The van der Waals surface area contributed by atoms with Crippen LogP contribution in [-0.4, -0.2) is 50.0 Å². The van der Waals surface area contributed by atoms with Gasteiger partial charge >= 0.3 is 0 Å². The Labute approximate surface area is 142 Å². The number of nitrogens with zero attached hydrogens (tertiary/aromatic N) is 2. The maximum atomic E-state index is 13.1. The number of hydrogen-bond donors (Lipinski definition) is 0. The van der Waals surface area contributed by atoms with Crippen LogP contribution in [0.15, 0.2) is 30.0 Å². The first-order chi connectivity index (χ1) is 10.7. The summed E-state index contributed by atoms with van der Waals surface area (Å²) in [6.07, 6.45) is 0. The van der Waals surface area contributed by atoms with Crippen molar-refractivity contribution < 1.29 is 12.8 Å². The van der Waals surface area contributed by atoms with Crippen molar-refractivity contribution in [3.63, 3.8) is 0 Å². The Bertz CT molecular complexity index is 714. The molecule has 0 fully saturated rings. The number of benzene rings is 1. The van der Waals surface area contributed by atoms with Gasteiger partial charge in [0, 0.05) is 25.2 Å². The Kier molecular flexibility index (Phi) is 5.09. The van der Waals surface area contributed by atoms with Gasteiger partial charge in [-0.05, 0) is 38.5 Å². The fraction of sp³-hybridized carbons (Fsp3) is 0.500. The molecule has 4 nitrogen and oxygen atoms in total. The number of halogens is 2. The van der Waals surface area contributed by atoms with Crippen LogP contribution in [0, 0.1) is 0 Å². The van der Waals surface area contributed by atoms with Gasteiger partial charge in [0.15, 0.2) is 0 Å². The summed E-state index contributed by atoms with van der Waals surface area (Å²) in [6, 6.07) is 6.70. The molecule has 7 heteroatoms. The van der Waals surface area contributed by atoms with Crippen LogP contribution >= 0.6 is 11.6 Å². The molecule has 2 rings (SSSR count). The summed E-state index contributed by atoms with van der Waals surface area (Å²) < 4.78 is 40.3. The molecule has 23 heavy (non-hydrogen) atoms. The molecule has 1 aromatic rings. The van der Waals surface area contributed by atoms with Gasteiger partial charge in [-0.25, -0.2) is 12.8 Å². The molecular formula is C16H22ClFN2O2S. The maximum Gasteiger partial charge on any atom is 0.246 e. The molecule has 128 valence electrons. The van der Waals surface area contributed by atoms with E-state index in [2.05, 4.69) is 0 Å². The van der Waals surface area contributed by atoms with Crippen molar-refractivity contribution in [1.82, 2.24) is 9.21 Å². The summed E-state index contributed by atoms with van der Waals surface area (Å²) in [5.41, 5.74) is 0.430. The average molecular weight is 361 g/mol. The van der Waals surface area contributed by atoms with Crippen molar-refractivity contribution in [2.24, 2.45) is 0 Å². The monoisotopic (exact) mass is 360 g/mol. The van der Waals surface area contributed by atoms with E-state index in [4.69, 9.17) is 11.6 Å². The Morgan fingerprint density at radius 2 is 1.83 bits per heavy atom. The first-order valence-corrected chi connectivity index (χ1v) is 9.30. The van der Waals surface area contributed by atoms with Crippen molar-refractivity contribution >= 4 is 26.5 Å². The smallest absolute Gasteiger partial charge is 0.246 e. The highest BCUT2D eigenvalue weighted by Gasteiger charge is 2.51. The van der Waals surface area contributed by atoms with Crippen LogP contribution in [0.3, 0.4) is 0 Å². The fourth-order valence-corrected chi connectivity index (χ4v) is 5.52. The van der Waals surface area contributed by atoms with Gasteiger partial charge in [-0.3, -0.25) is 0 Å². The predicted octanol–water partition coefficient (Wildman–Crippen LogP) is 3.35. The summed E-state index contributed by atoms with van der Waals surface area (Å²) >= 11 is 5.91. The lowest BCUT2D eigenvalue weighted by Crippen LogP contribution is -2.47. The molecule has 0 amide bonds. The highest BCUT2D eigenvalue weighted by atomic mass is 35.5. The Balaban J connectivity index is 2.75. The predicted molar refractivity (Wildman–Crippen MR) is 92.4 cm³/mol. The molecular weight excluding hydrogens is 339 g/mol. The molecule has 0 spiro atoms. The van der Waals surface area contributed by atoms with Crippen LogP contribution in [0.2, 0.25) is 5.02 Å². The van der Waals surface area contributed by atoms with E-state index in [1.807, 2.05) is 32.7 Å². The van der Waals surface area contributed by atoms with Crippen molar-refractivity contribution in [2.45, 2.75) is 26.3 Å². The van der Waals surface area contributed by atoms with E-state index in [1.165, 1.54) is 4.31 Å². The van der Waals surface area contributed by atoms with E-state index in [1.54, 1.807) is 24.3 Å². The highest BCUT2D eigenvalue weighted by Crippen LogP contribution is 2.45. The second-order valence-corrected chi connectivity index (χ2v) is 8.26. The molecule has 0 N–H and O–H groups in total. The number of rotatable bonds is 5. The van der Waals surface area contributed by atoms with E-state index in [9.17, 15) is 12.8 Å². The van der Waals surface area contributed by atoms with Crippen molar-refractivity contribution in [1.29, 1.82) is 0 Å². The Morgan fingerprint density at radius 3 is 2.30 bits per heavy atom. The zero-order valence-electron chi connectivity index (χ0n) is 13.8. The minimum absolute atomic E-state index is 0.159. The highest BCUT2D eigenvalue weighted by molar-refractivity contribution is 7.98. The van der Waals surface area contributed by atoms with Gasteiger partial charge in [0.2, 0.25) is 10.0 Å². The normalized spacial score (nSPS) is 20.1. The number of alkyl halides is 1. The van der Waals surface area contributed by atoms with Crippen LogP contribution in [-0.2, 0) is 10.0 Å². The van der Waals surface area contributed by atoms with Gasteiger partial charge in [-0.15, -0.1) is 0 Å². The molecule has 0 atom stereocenters. The van der Waals surface area contributed by atoms with E-state index in [-0.39, 0.29) is 11.4 Å². The minimum Gasteiger partial charge on any atom is -0.376 e. The lowest BCUT2D eigenvalue weighted by Gasteiger charge is -2.35. The van der Waals surface area contributed by atoms with Gasteiger partial charge < -0.3 is 4.90 Å². The van der Waals surface area contributed by atoms with Crippen LogP contribution in [0.25, 0.3) is 4.91 Å². The third-order valence-corrected chi connectivity index (χ3v) is 6.63. The molecule has 1 aliphatic heterocycles. The van der Waals surface area contributed by atoms with E-state index < -0.39 is 22.2 Å². The fourth-order valence-electron chi connectivity index (χ4n) is 3.09. The van der Waals surface area contributed by atoms with Gasteiger partial charge in [0.25, 0.3) is 0 Å². The second-order valence-electron chi connectivity index (χ2n) is 6.02. The molecule has 0 saturated heterocycles. The lowest BCUT2D eigenvalue weighted by molar-refractivity contribution is 0.218. The number of hydrogen-bond acceptors (Lipinski definition) is 3. The molecule has 1 aromatic carbocycles. The SMILES string of the molecule is CCN(C)C1=C(c2ccc(Cl)cc2)S(=O)(=O)N(CCF)C1(C)C. The van der Waals surface area contributed by atoms with Crippen molar-refractivity contribution in [2.75, 3.05) is 26.8 Å². The molecule has 0 aromatic heterocycles. The summed E-state index contributed by atoms with van der Waals surface area (Å²) in [5.74, 6) is 0. The zero-order valence-corrected chi connectivity index (χ0v) is 15.4.